The maximum atomic E-state index is 3.52. The molecule has 0 saturated carbocycles. The first-order chi connectivity index (χ1) is 20.5. The van der Waals surface area contributed by atoms with Crippen molar-refractivity contribution in [3.05, 3.63) is 149 Å². The van der Waals surface area contributed by atoms with Crippen molar-refractivity contribution in [3.63, 3.8) is 0 Å². The zero-order chi connectivity index (χ0) is 29.9. The van der Waals surface area contributed by atoms with Crippen LogP contribution in [0.25, 0.3) is 21.5 Å². The first kappa shape index (κ1) is 37.7. The molecule has 5 aromatic rings. The minimum absolute atomic E-state index is 0. The molecule has 0 heterocycles. The molecule has 0 saturated heterocycles. The topological polar surface area (TPSA) is 0 Å². The van der Waals surface area contributed by atoms with E-state index < -0.39 is 0 Å². The van der Waals surface area contributed by atoms with Gasteiger partial charge in [-0.2, -0.15) is 11.6 Å². The number of allylic oxidation sites excluding steroid dienone is 4. The molecule has 1 unspecified atom stereocenters. The third kappa shape index (κ3) is 9.78. The summed E-state index contributed by atoms with van der Waals surface area (Å²) in [7, 11) is 0. The molecule has 0 aromatic heterocycles. The number of rotatable bonds is 7. The summed E-state index contributed by atoms with van der Waals surface area (Å²) in [6.45, 7) is 11.1. The Balaban J connectivity index is 0.000000231. The van der Waals surface area contributed by atoms with E-state index in [0.717, 1.165) is 19.3 Å². The van der Waals surface area contributed by atoms with Crippen LogP contribution in [0.1, 0.15) is 76.1 Å². The Bertz CT molecular complexity index is 1540. The molecule has 0 amide bonds. The second kappa shape index (κ2) is 19.2. The van der Waals surface area contributed by atoms with Crippen molar-refractivity contribution in [3.8, 4) is 0 Å². The van der Waals surface area contributed by atoms with Gasteiger partial charge >= 0.3 is 99.2 Å². The second-order valence-electron chi connectivity index (χ2n) is 10.8. The van der Waals surface area contributed by atoms with Gasteiger partial charge < -0.3 is 24.8 Å². The molecule has 0 fully saturated rings. The van der Waals surface area contributed by atoms with E-state index in [-0.39, 0.29) is 24.8 Å². The van der Waals surface area contributed by atoms with Crippen molar-refractivity contribution in [1.82, 2.24) is 0 Å². The Labute approximate surface area is 293 Å². The van der Waals surface area contributed by atoms with Crippen LogP contribution in [0.5, 0.6) is 0 Å². The fourth-order valence-corrected chi connectivity index (χ4v) is 6.34. The first-order valence-electron chi connectivity index (χ1n) is 15.6. The molecule has 1 atom stereocenters. The Morgan fingerprint density at radius 1 is 0.636 bits per heavy atom. The SMILES string of the molecule is CCC1=[C-]C(CC)C=C1CC.CCc1ccc2c(c1)[cH-]c1cc(CC)ccc12.[Cl-].[Cl-].[Zr+2]=[C](c1ccccc1)c1ccccc1. The fraction of sp³-hybridized carbons (Fsp3) is 0.268. The summed E-state index contributed by atoms with van der Waals surface area (Å²) in [5.41, 5.74) is 8.49. The zero-order valence-corrected chi connectivity index (χ0v) is 30.7. The second-order valence-corrected chi connectivity index (χ2v) is 12.1. The minimum atomic E-state index is 0. The standard InChI is InChI=1S/C17H17.C13H10.C11H17.2ClH.Zr/c1-3-12-5-7-16-14(9-12)11-15-10-13(4-2)6-8-17(15)16;1-3-7-12(8-4-1)11-13-9-5-2-6-10-13;1-4-9-7-10(5-2)11(6-3)8-9;;;/h5-11H,3-4H2,1-2H3;1-10H;7,9H,4-6H2,1-3H3;2*1H;/q-1;;-1;;;+2/p-2. The number of aryl methyl sites for hydroxylation is 2. The number of hydrogen-bond donors (Lipinski definition) is 0. The van der Waals surface area contributed by atoms with Gasteiger partial charge in [0.15, 0.2) is 0 Å². The van der Waals surface area contributed by atoms with E-state index in [2.05, 4.69) is 150 Å². The van der Waals surface area contributed by atoms with Crippen LogP contribution in [0.3, 0.4) is 0 Å². The van der Waals surface area contributed by atoms with Gasteiger partial charge in [0, 0.05) is 0 Å². The fourth-order valence-electron chi connectivity index (χ4n) is 5.52. The van der Waals surface area contributed by atoms with E-state index in [9.17, 15) is 0 Å². The van der Waals surface area contributed by atoms with Crippen LogP contribution < -0.4 is 24.8 Å². The average molecular weight is 699 g/mol. The molecule has 0 spiro atoms. The summed E-state index contributed by atoms with van der Waals surface area (Å²) in [6, 6.07) is 37.1. The van der Waals surface area contributed by atoms with Crippen LogP contribution in [-0.4, -0.2) is 3.21 Å². The Morgan fingerprint density at radius 3 is 1.48 bits per heavy atom. The summed E-state index contributed by atoms with van der Waals surface area (Å²) in [4.78, 5) is 0. The van der Waals surface area contributed by atoms with E-state index >= 15 is 0 Å². The van der Waals surface area contributed by atoms with Gasteiger partial charge in [0.25, 0.3) is 0 Å². The third-order valence-electron chi connectivity index (χ3n) is 8.10. The molecule has 6 rings (SSSR count). The summed E-state index contributed by atoms with van der Waals surface area (Å²) < 4.78 is 1.42. The van der Waals surface area contributed by atoms with Gasteiger partial charge in [-0.05, 0) is 12.8 Å². The van der Waals surface area contributed by atoms with Crippen molar-refractivity contribution in [2.24, 2.45) is 5.92 Å². The van der Waals surface area contributed by atoms with Crippen molar-refractivity contribution in [2.45, 2.75) is 66.7 Å². The van der Waals surface area contributed by atoms with Crippen molar-refractivity contribution >= 4 is 24.8 Å². The van der Waals surface area contributed by atoms with E-state index in [1.165, 1.54) is 95.2 Å². The number of benzene rings is 4. The van der Waals surface area contributed by atoms with Gasteiger partial charge in [-0.3, -0.25) is 6.08 Å². The van der Waals surface area contributed by atoms with E-state index in [4.69, 9.17) is 0 Å². The molecular formula is C41H44Cl2Zr-2. The van der Waals surface area contributed by atoms with Gasteiger partial charge in [-0.1, -0.05) is 95.2 Å². The Hall–Kier alpha value is -2.44. The Kier molecular flexibility index (Phi) is 16.4. The molecule has 1 aliphatic rings. The van der Waals surface area contributed by atoms with Crippen LogP contribution >= 0.6 is 0 Å². The molecule has 1 aliphatic carbocycles. The first-order valence-corrected chi connectivity index (χ1v) is 16.9. The maximum absolute atomic E-state index is 3.52. The van der Waals surface area contributed by atoms with Crippen LogP contribution in [-0.2, 0) is 37.1 Å². The normalized spacial score (nSPS) is 13.4. The van der Waals surface area contributed by atoms with Crippen molar-refractivity contribution in [1.29, 1.82) is 0 Å². The summed E-state index contributed by atoms with van der Waals surface area (Å²) in [5.74, 6) is 0.611. The predicted octanol–water partition coefficient (Wildman–Crippen LogP) is 5.15. The third-order valence-corrected chi connectivity index (χ3v) is 9.52. The molecule has 0 radical (unpaired) electrons. The molecule has 5 aromatic carbocycles. The van der Waals surface area contributed by atoms with Crippen molar-refractivity contribution < 1.29 is 49.0 Å². The molecule has 0 bridgehead atoms. The van der Waals surface area contributed by atoms with E-state index in [1.807, 2.05) is 0 Å². The van der Waals surface area contributed by atoms with E-state index in [0.29, 0.717) is 5.92 Å². The van der Waals surface area contributed by atoms with Gasteiger partial charge in [0.05, 0.1) is 0 Å². The van der Waals surface area contributed by atoms with Gasteiger partial charge in [-0.25, -0.2) is 5.57 Å². The number of halogens is 2. The van der Waals surface area contributed by atoms with Crippen LogP contribution in [0, 0.1) is 12.0 Å². The van der Waals surface area contributed by atoms with Crippen molar-refractivity contribution in [2.75, 3.05) is 0 Å². The molecular weight excluding hydrogens is 655 g/mol. The zero-order valence-electron chi connectivity index (χ0n) is 26.8. The summed E-state index contributed by atoms with van der Waals surface area (Å²) in [5, 5.41) is 5.54. The van der Waals surface area contributed by atoms with Crippen LogP contribution in [0.4, 0.5) is 0 Å². The van der Waals surface area contributed by atoms with Crippen LogP contribution in [0.15, 0.2) is 120 Å². The summed E-state index contributed by atoms with van der Waals surface area (Å²) in [6.07, 6.45) is 11.6. The van der Waals surface area contributed by atoms with Gasteiger partial charge in [-0.15, -0.1) is 39.7 Å². The number of fused-ring (bicyclic) bond motifs is 3. The van der Waals surface area contributed by atoms with E-state index in [1.54, 1.807) is 0 Å². The van der Waals surface area contributed by atoms with Crippen LogP contribution in [0.2, 0.25) is 0 Å². The quantitative estimate of drug-likeness (QED) is 0.207. The molecule has 3 heteroatoms. The molecule has 228 valence electrons. The molecule has 0 nitrogen and oxygen atoms in total. The number of hydrogen-bond acceptors (Lipinski definition) is 0. The molecule has 0 aliphatic heterocycles. The molecule has 0 N–H and O–H groups in total. The monoisotopic (exact) mass is 696 g/mol. The summed E-state index contributed by atoms with van der Waals surface area (Å²) >= 11 is 1.46. The van der Waals surface area contributed by atoms with Gasteiger partial charge in [0.1, 0.15) is 0 Å². The average Bonchev–Trinajstić information content (AvgIpc) is 3.65. The Morgan fingerprint density at radius 2 is 1.11 bits per heavy atom. The predicted molar refractivity (Wildman–Crippen MR) is 181 cm³/mol. The molecule has 44 heavy (non-hydrogen) atoms. The van der Waals surface area contributed by atoms with Gasteiger partial charge in [0.2, 0.25) is 0 Å².